The molecule has 0 saturated heterocycles. The number of methoxy groups -OCH3 is 1. The fourth-order valence-electron chi connectivity index (χ4n) is 2.81. The van der Waals surface area contributed by atoms with Crippen molar-refractivity contribution in [2.45, 2.75) is 32.1 Å². The molecule has 2 heterocycles. The summed E-state index contributed by atoms with van der Waals surface area (Å²) in [6, 6.07) is 8.48. The molecular formula is C17H23N3O3. The summed E-state index contributed by atoms with van der Waals surface area (Å²) >= 11 is 0. The number of fused-ring (bicyclic) bond motifs is 1. The fraction of sp³-hybridized carbons (Fsp3) is 0.529. The Morgan fingerprint density at radius 1 is 1.39 bits per heavy atom. The van der Waals surface area contributed by atoms with Gasteiger partial charge in [0.25, 0.3) is 0 Å². The number of ether oxygens (including phenoxy) is 2. The molecule has 23 heavy (non-hydrogen) atoms. The van der Waals surface area contributed by atoms with Crippen molar-refractivity contribution < 1.29 is 14.0 Å². The highest BCUT2D eigenvalue weighted by molar-refractivity contribution is 5.31. The van der Waals surface area contributed by atoms with Gasteiger partial charge in [-0.1, -0.05) is 29.4 Å². The average Bonchev–Trinajstić information content (AvgIpc) is 3.03. The number of hydrogen-bond donors (Lipinski definition) is 0. The van der Waals surface area contributed by atoms with E-state index in [4.69, 9.17) is 14.0 Å². The molecule has 0 fully saturated rings. The van der Waals surface area contributed by atoms with Crippen LogP contribution in [0.3, 0.4) is 0 Å². The van der Waals surface area contributed by atoms with Crippen molar-refractivity contribution in [3.05, 3.63) is 47.1 Å². The Kier molecular flexibility index (Phi) is 5.05. The Labute approximate surface area is 136 Å². The number of hydrogen-bond acceptors (Lipinski definition) is 6. The maximum Gasteiger partial charge on any atom is 0.240 e. The maximum absolute atomic E-state index is 5.95. The van der Waals surface area contributed by atoms with Gasteiger partial charge in [0.1, 0.15) is 6.10 Å². The molecule has 0 bridgehead atoms. The molecule has 6 nitrogen and oxygen atoms in total. The largest absolute Gasteiger partial charge is 0.374 e. The van der Waals surface area contributed by atoms with Crippen molar-refractivity contribution >= 4 is 0 Å². The molecule has 1 aromatic heterocycles. The minimum atomic E-state index is -0.161. The lowest BCUT2D eigenvalue weighted by Crippen LogP contribution is -2.29. The molecule has 0 unspecified atom stereocenters. The molecule has 0 amide bonds. The van der Waals surface area contributed by atoms with E-state index in [2.05, 4.69) is 39.3 Å². The lowest BCUT2D eigenvalue weighted by Gasteiger charge is -2.29. The summed E-state index contributed by atoms with van der Waals surface area (Å²) in [5.41, 5.74) is 2.66. The van der Waals surface area contributed by atoms with Crippen LogP contribution >= 0.6 is 0 Å². The molecule has 0 aliphatic carbocycles. The Morgan fingerprint density at radius 2 is 2.22 bits per heavy atom. The summed E-state index contributed by atoms with van der Waals surface area (Å²) in [6.07, 6.45) is 0.912. The van der Waals surface area contributed by atoms with Gasteiger partial charge in [0.2, 0.25) is 5.89 Å². The van der Waals surface area contributed by atoms with Gasteiger partial charge < -0.3 is 14.0 Å². The van der Waals surface area contributed by atoms with E-state index in [-0.39, 0.29) is 12.2 Å². The molecule has 0 spiro atoms. The number of aromatic nitrogens is 2. The molecule has 0 N–H and O–H groups in total. The summed E-state index contributed by atoms with van der Waals surface area (Å²) < 4.78 is 16.4. The topological polar surface area (TPSA) is 60.6 Å². The molecule has 6 heteroatoms. The third kappa shape index (κ3) is 3.77. The van der Waals surface area contributed by atoms with Crippen LogP contribution in [0.4, 0.5) is 0 Å². The Bertz CT molecular complexity index is 644. The van der Waals surface area contributed by atoms with Crippen molar-refractivity contribution in [2.24, 2.45) is 0 Å². The first-order valence-corrected chi connectivity index (χ1v) is 7.90. The van der Waals surface area contributed by atoms with E-state index < -0.39 is 0 Å². The molecule has 124 valence electrons. The second-order valence-electron chi connectivity index (χ2n) is 5.93. The van der Waals surface area contributed by atoms with Crippen molar-refractivity contribution in [3.63, 3.8) is 0 Å². The predicted octanol–water partition coefficient (Wildman–Crippen LogP) is 2.52. The molecular weight excluding hydrogens is 294 g/mol. The quantitative estimate of drug-likeness (QED) is 0.816. The van der Waals surface area contributed by atoms with Crippen LogP contribution in [0.2, 0.25) is 0 Å². The van der Waals surface area contributed by atoms with Crippen LogP contribution in [-0.2, 0) is 22.4 Å². The van der Waals surface area contributed by atoms with Gasteiger partial charge >= 0.3 is 0 Å². The molecule has 0 saturated carbocycles. The molecule has 2 aromatic rings. The van der Waals surface area contributed by atoms with Crippen LogP contribution in [0.5, 0.6) is 0 Å². The zero-order chi connectivity index (χ0) is 16.2. The second kappa shape index (κ2) is 7.21. The first-order chi connectivity index (χ1) is 11.2. The van der Waals surface area contributed by atoms with E-state index in [9.17, 15) is 0 Å². The van der Waals surface area contributed by atoms with Crippen LogP contribution in [0.25, 0.3) is 0 Å². The first kappa shape index (κ1) is 16.1. The zero-order valence-electron chi connectivity index (χ0n) is 13.9. The van der Waals surface area contributed by atoms with Gasteiger partial charge in [-0.3, -0.25) is 4.90 Å². The third-order valence-corrected chi connectivity index (χ3v) is 4.18. The second-order valence-corrected chi connectivity index (χ2v) is 5.93. The highest BCUT2D eigenvalue weighted by Crippen LogP contribution is 2.27. The first-order valence-electron chi connectivity index (χ1n) is 7.90. The van der Waals surface area contributed by atoms with Crippen LogP contribution < -0.4 is 0 Å². The maximum atomic E-state index is 5.95. The molecule has 1 aromatic carbocycles. The van der Waals surface area contributed by atoms with E-state index in [0.717, 1.165) is 19.6 Å². The average molecular weight is 317 g/mol. The summed E-state index contributed by atoms with van der Waals surface area (Å²) in [4.78, 5) is 6.51. The van der Waals surface area contributed by atoms with Gasteiger partial charge in [-0.25, -0.2) is 0 Å². The Balaban J connectivity index is 1.62. The highest BCUT2D eigenvalue weighted by atomic mass is 16.5. The fourth-order valence-corrected chi connectivity index (χ4v) is 2.81. The van der Waals surface area contributed by atoms with Gasteiger partial charge in [0.05, 0.1) is 19.3 Å². The van der Waals surface area contributed by atoms with Crippen LogP contribution in [0.15, 0.2) is 28.8 Å². The molecule has 2 atom stereocenters. The van der Waals surface area contributed by atoms with E-state index in [1.54, 1.807) is 7.11 Å². The van der Waals surface area contributed by atoms with E-state index in [1.165, 1.54) is 11.1 Å². The minimum Gasteiger partial charge on any atom is -0.374 e. The smallest absolute Gasteiger partial charge is 0.240 e. The molecule has 3 rings (SSSR count). The van der Waals surface area contributed by atoms with Gasteiger partial charge in [-0.2, -0.15) is 4.98 Å². The van der Waals surface area contributed by atoms with Gasteiger partial charge in [0, 0.05) is 13.7 Å². The SMILES string of the molecule is CO[C@@H](C)c1noc(CN(C)C[C@@H]2OCCc3ccccc32)n1. The van der Waals surface area contributed by atoms with Crippen LogP contribution in [0.1, 0.15) is 42.0 Å². The number of nitrogens with zero attached hydrogens (tertiary/aromatic N) is 3. The van der Waals surface area contributed by atoms with Crippen molar-refractivity contribution in [1.82, 2.24) is 15.0 Å². The Hall–Kier alpha value is -1.76. The summed E-state index contributed by atoms with van der Waals surface area (Å²) in [5.74, 6) is 1.17. The zero-order valence-corrected chi connectivity index (χ0v) is 13.9. The minimum absolute atomic E-state index is 0.0882. The van der Waals surface area contributed by atoms with Crippen LogP contribution in [-0.4, -0.2) is 42.3 Å². The summed E-state index contributed by atoms with van der Waals surface area (Å²) in [6.45, 7) is 4.04. The molecule has 1 aliphatic rings. The Morgan fingerprint density at radius 3 is 3.04 bits per heavy atom. The monoisotopic (exact) mass is 317 g/mol. The number of benzene rings is 1. The highest BCUT2D eigenvalue weighted by Gasteiger charge is 2.22. The van der Waals surface area contributed by atoms with Gasteiger partial charge in [-0.15, -0.1) is 0 Å². The van der Waals surface area contributed by atoms with Crippen molar-refractivity contribution in [2.75, 3.05) is 27.3 Å². The molecule has 0 radical (unpaired) electrons. The summed E-state index contributed by atoms with van der Waals surface area (Å²) in [5, 5.41) is 3.95. The third-order valence-electron chi connectivity index (χ3n) is 4.18. The molecule has 1 aliphatic heterocycles. The van der Waals surface area contributed by atoms with Crippen molar-refractivity contribution in [3.8, 4) is 0 Å². The van der Waals surface area contributed by atoms with E-state index >= 15 is 0 Å². The summed E-state index contributed by atoms with van der Waals surface area (Å²) in [7, 11) is 3.66. The van der Waals surface area contributed by atoms with E-state index in [1.807, 2.05) is 14.0 Å². The van der Waals surface area contributed by atoms with Crippen molar-refractivity contribution in [1.29, 1.82) is 0 Å². The lowest BCUT2D eigenvalue weighted by atomic mass is 9.97. The standard InChI is InChI=1S/C17H23N3O3/c1-12(21-3)17-18-16(23-19-17)11-20(2)10-15-14-7-5-4-6-13(14)8-9-22-15/h4-7,12,15H,8-11H2,1-3H3/t12-,15-/m0/s1. The number of likely N-dealkylation sites (N-methyl/N-ethyl adjacent to an activating group) is 1. The van der Waals surface area contributed by atoms with E-state index in [0.29, 0.717) is 18.3 Å². The lowest BCUT2D eigenvalue weighted by molar-refractivity contribution is 0.0181. The van der Waals surface area contributed by atoms with Gasteiger partial charge in [-0.05, 0) is 31.5 Å². The predicted molar refractivity (Wildman–Crippen MR) is 84.9 cm³/mol. The van der Waals surface area contributed by atoms with Crippen LogP contribution in [0, 0.1) is 0 Å². The normalized spacial score (nSPS) is 18.9. The van der Waals surface area contributed by atoms with Gasteiger partial charge in [0.15, 0.2) is 5.82 Å². The number of rotatable bonds is 6.